The number of β-amino-alcohol motifs (C(OH)–C–C–N with tert-alkyl or cyclic N) is 1. The van der Waals surface area contributed by atoms with Gasteiger partial charge >= 0.3 is 0 Å². The van der Waals surface area contributed by atoms with Gasteiger partial charge in [-0.25, -0.2) is 0 Å². The largest absolute Gasteiger partial charge is 0.392 e. The van der Waals surface area contributed by atoms with Crippen LogP contribution < -0.4 is 5.32 Å². The number of rotatable bonds is 6. The molecule has 2 rings (SSSR count). The van der Waals surface area contributed by atoms with Crippen molar-refractivity contribution in [3.05, 3.63) is 29.3 Å². The number of carbonyl (C=O) groups is 1. The summed E-state index contributed by atoms with van der Waals surface area (Å²) in [5.41, 5.74) is 0.763. The maximum Gasteiger partial charge on any atom is 0.238 e. The Hall–Kier alpha value is -1.14. The lowest BCUT2D eigenvalue weighted by Gasteiger charge is -2.35. The lowest BCUT2D eigenvalue weighted by Crippen LogP contribution is -2.50. The quantitative estimate of drug-likeness (QED) is 0.835. The minimum absolute atomic E-state index is 0.00985. The van der Waals surface area contributed by atoms with Crippen LogP contribution in [-0.4, -0.2) is 66.2 Å². The highest BCUT2D eigenvalue weighted by Gasteiger charge is 2.20. The van der Waals surface area contributed by atoms with E-state index in [9.17, 15) is 9.90 Å². The van der Waals surface area contributed by atoms with E-state index in [1.54, 1.807) is 24.3 Å². The van der Waals surface area contributed by atoms with Gasteiger partial charge in [0.15, 0.2) is 0 Å². The fraction of sp³-hybridized carbons (Fsp3) is 0.562. The van der Waals surface area contributed by atoms with Crippen molar-refractivity contribution in [1.82, 2.24) is 9.80 Å². The van der Waals surface area contributed by atoms with Crippen LogP contribution in [0.1, 0.15) is 13.3 Å². The zero-order valence-corrected chi connectivity index (χ0v) is 13.7. The van der Waals surface area contributed by atoms with Crippen molar-refractivity contribution in [1.29, 1.82) is 0 Å². The number of nitrogens with one attached hydrogen (secondary N) is 1. The minimum Gasteiger partial charge on any atom is -0.392 e. The number of aliphatic hydroxyl groups is 1. The molecule has 22 heavy (non-hydrogen) atoms. The van der Waals surface area contributed by atoms with Crippen molar-refractivity contribution in [3.8, 4) is 0 Å². The molecule has 5 nitrogen and oxygen atoms in total. The predicted molar refractivity (Wildman–Crippen MR) is 89.3 cm³/mol. The molecule has 1 saturated heterocycles. The first-order valence-corrected chi connectivity index (χ1v) is 8.13. The van der Waals surface area contributed by atoms with Gasteiger partial charge in [-0.3, -0.25) is 14.6 Å². The lowest BCUT2D eigenvalue weighted by molar-refractivity contribution is -0.117. The van der Waals surface area contributed by atoms with Gasteiger partial charge in [0.1, 0.15) is 0 Å². The van der Waals surface area contributed by atoms with Gasteiger partial charge in [-0.15, -0.1) is 0 Å². The summed E-state index contributed by atoms with van der Waals surface area (Å²) in [7, 11) is 0. The molecule has 1 aromatic carbocycles. The summed E-state index contributed by atoms with van der Waals surface area (Å²) in [6.07, 6.45) is 0.531. The smallest absolute Gasteiger partial charge is 0.238 e. The van der Waals surface area contributed by atoms with E-state index in [-0.39, 0.29) is 12.0 Å². The number of hydrogen-bond acceptors (Lipinski definition) is 4. The SMILES string of the molecule is CCC(O)CN1CCN(CC(=O)Nc2ccc(Cl)cc2)CC1. The summed E-state index contributed by atoms with van der Waals surface area (Å²) in [5.74, 6) is -0.00985. The third kappa shape index (κ3) is 5.57. The molecule has 1 aliphatic heterocycles. The van der Waals surface area contributed by atoms with Gasteiger partial charge in [0.05, 0.1) is 12.6 Å². The van der Waals surface area contributed by atoms with E-state index < -0.39 is 0 Å². The van der Waals surface area contributed by atoms with Crippen LogP contribution in [0.15, 0.2) is 24.3 Å². The predicted octanol–water partition coefficient (Wildman–Crippen LogP) is 1.67. The van der Waals surface area contributed by atoms with Crippen LogP contribution in [0.2, 0.25) is 5.02 Å². The summed E-state index contributed by atoms with van der Waals surface area (Å²) in [6.45, 7) is 6.60. The molecule has 1 aromatic rings. The highest BCUT2D eigenvalue weighted by atomic mass is 35.5. The summed E-state index contributed by atoms with van der Waals surface area (Å²) >= 11 is 5.82. The fourth-order valence-electron chi connectivity index (χ4n) is 2.49. The van der Waals surface area contributed by atoms with Gasteiger partial charge in [-0.2, -0.15) is 0 Å². The molecule has 0 bridgehead atoms. The van der Waals surface area contributed by atoms with E-state index in [1.807, 2.05) is 6.92 Å². The van der Waals surface area contributed by atoms with Crippen LogP contribution in [0.5, 0.6) is 0 Å². The molecule has 122 valence electrons. The van der Waals surface area contributed by atoms with Crippen LogP contribution >= 0.6 is 11.6 Å². The zero-order chi connectivity index (χ0) is 15.9. The summed E-state index contributed by atoms with van der Waals surface area (Å²) in [4.78, 5) is 16.4. The van der Waals surface area contributed by atoms with E-state index in [1.165, 1.54) is 0 Å². The number of nitrogens with zero attached hydrogens (tertiary/aromatic N) is 2. The standard InChI is InChI=1S/C16H24ClN3O2/c1-2-15(21)11-19-7-9-20(10-8-19)12-16(22)18-14-5-3-13(17)4-6-14/h3-6,15,21H,2,7-12H2,1H3,(H,18,22). The van der Waals surface area contributed by atoms with Crippen molar-refractivity contribution in [2.45, 2.75) is 19.4 Å². The Balaban J connectivity index is 1.71. The number of halogens is 1. The Kier molecular flexibility index (Phi) is 6.64. The third-order valence-corrected chi connectivity index (χ3v) is 4.15. The van der Waals surface area contributed by atoms with Crippen molar-refractivity contribution in [2.24, 2.45) is 0 Å². The number of aliphatic hydroxyl groups excluding tert-OH is 1. The van der Waals surface area contributed by atoms with E-state index in [0.29, 0.717) is 11.6 Å². The number of anilines is 1. The van der Waals surface area contributed by atoms with E-state index in [2.05, 4.69) is 15.1 Å². The van der Waals surface area contributed by atoms with Gasteiger partial charge in [0, 0.05) is 43.4 Å². The van der Waals surface area contributed by atoms with Gasteiger partial charge in [-0.05, 0) is 30.7 Å². The van der Waals surface area contributed by atoms with Gasteiger partial charge in [-0.1, -0.05) is 18.5 Å². The topological polar surface area (TPSA) is 55.8 Å². The summed E-state index contributed by atoms with van der Waals surface area (Å²) in [5, 5.41) is 13.2. The van der Waals surface area contributed by atoms with Crippen LogP contribution in [0.25, 0.3) is 0 Å². The molecular weight excluding hydrogens is 302 g/mol. The van der Waals surface area contributed by atoms with Crippen molar-refractivity contribution >= 4 is 23.2 Å². The molecule has 0 saturated carbocycles. The molecule has 1 heterocycles. The Morgan fingerprint density at radius 3 is 2.41 bits per heavy atom. The van der Waals surface area contributed by atoms with Crippen molar-refractivity contribution in [3.63, 3.8) is 0 Å². The first-order valence-electron chi connectivity index (χ1n) is 7.75. The summed E-state index contributed by atoms with van der Waals surface area (Å²) in [6, 6.07) is 7.11. The van der Waals surface area contributed by atoms with E-state index in [4.69, 9.17) is 11.6 Å². The highest BCUT2D eigenvalue weighted by molar-refractivity contribution is 6.30. The molecule has 6 heteroatoms. The number of carbonyl (C=O) groups excluding carboxylic acids is 1. The monoisotopic (exact) mass is 325 g/mol. The molecule has 2 N–H and O–H groups in total. The molecular formula is C16H24ClN3O2. The van der Waals surface area contributed by atoms with Crippen molar-refractivity contribution in [2.75, 3.05) is 44.6 Å². The van der Waals surface area contributed by atoms with Crippen LogP contribution in [-0.2, 0) is 4.79 Å². The first kappa shape index (κ1) is 17.2. The normalized spacial score (nSPS) is 18.1. The Morgan fingerprint density at radius 2 is 1.82 bits per heavy atom. The number of piperazine rings is 1. The second kappa shape index (κ2) is 8.48. The average Bonchev–Trinajstić information content (AvgIpc) is 2.51. The second-order valence-corrected chi connectivity index (χ2v) is 6.13. The van der Waals surface area contributed by atoms with Gasteiger partial charge < -0.3 is 10.4 Å². The molecule has 1 unspecified atom stereocenters. The summed E-state index contributed by atoms with van der Waals surface area (Å²) < 4.78 is 0. The number of hydrogen-bond donors (Lipinski definition) is 2. The maximum atomic E-state index is 12.0. The molecule has 1 amide bonds. The second-order valence-electron chi connectivity index (χ2n) is 5.69. The average molecular weight is 326 g/mol. The molecule has 1 atom stereocenters. The van der Waals surface area contributed by atoms with Crippen molar-refractivity contribution < 1.29 is 9.90 Å². The fourth-order valence-corrected chi connectivity index (χ4v) is 2.62. The molecule has 1 aliphatic rings. The van der Waals surface area contributed by atoms with E-state index >= 15 is 0 Å². The van der Waals surface area contributed by atoms with Gasteiger partial charge in [0.2, 0.25) is 5.91 Å². The van der Waals surface area contributed by atoms with E-state index in [0.717, 1.165) is 44.8 Å². The van der Waals surface area contributed by atoms with Crippen LogP contribution in [0, 0.1) is 0 Å². The molecule has 0 spiro atoms. The molecule has 0 radical (unpaired) electrons. The lowest BCUT2D eigenvalue weighted by atomic mass is 10.2. The van der Waals surface area contributed by atoms with Crippen LogP contribution in [0.4, 0.5) is 5.69 Å². The number of amides is 1. The minimum atomic E-state index is -0.250. The number of benzene rings is 1. The molecule has 1 fully saturated rings. The zero-order valence-electron chi connectivity index (χ0n) is 13.0. The molecule has 0 aliphatic carbocycles. The van der Waals surface area contributed by atoms with Gasteiger partial charge in [0.25, 0.3) is 0 Å². The maximum absolute atomic E-state index is 12.0. The molecule has 0 aromatic heterocycles. The van der Waals surface area contributed by atoms with Crippen LogP contribution in [0.3, 0.4) is 0 Å². The Morgan fingerprint density at radius 1 is 1.23 bits per heavy atom. The Labute approximate surface area is 136 Å². The third-order valence-electron chi connectivity index (χ3n) is 3.90. The highest BCUT2D eigenvalue weighted by Crippen LogP contribution is 2.13. The first-order chi connectivity index (χ1) is 10.6. The Bertz CT molecular complexity index is 473.